The first-order valence-corrected chi connectivity index (χ1v) is 17.8. The molecule has 0 saturated carbocycles. The van der Waals surface area contributed by atoms with Gasteiger partial charge in [-0.05, 0) is 25.7 Å². The third-order valence-electron chi connectivity index (χ3n) is 3.11. The van der Waals surface area contributed by atoms with Gasteiger partial charge in [-0.25, -0.2) is 0 Å². The van der Waals surface area contributed by atoms with Gasteiger partial charge in [0.2, 0.25) is 0 Å². The van der Waals surface area contributed by atoms with Crippen molar-refractivity contribution in [2.45, 2.75) is 79.1 Å². The first kappa shape index (κ1) is 57.1. The fourth-order valence-electron chi connectivity index (χ4n) is 1.37. The number of hydrogen-bond acceptors (Lipinski definition) is 16. The van der Waals surface area contributed by atoms with Crippen molar-refractivity contribution in [2.75, 3.05) is 26.4 Å². The third-order valence-corrected chi connectivity index (χ3v) is 5.34. The molecule has 0 aliphatic heterocycles. The standard InChI is InChI=1S/4C4H9O4Si.3Ti/c4*1-2-3-4-8-9(5,6)7;;;/h4*2-4H2,1H3;;;/q4*-3;3*+4. The molecule has 0 bridgehead atoms. The molecular formula is C16H36O16Si4Ti3. The molecule has 0 atom stereocenters. The topological polar surface area (TPSA) is 314 Å². The molecule has 0 aromatic carbocycles. The van der Waals surface area contributed by atoms with E-state index in [-0.39, 0.29) is 91.6 Å². The summed E-state index contributed by atoms with van der Waals surface area (Å²) in [5.74, 6) is 0. The summed E-state index contributed by atoms with van der Waals surface area (Å²) in [6.45, 7) is 7.64. The third kappa shape index (κ3) is 85.5. The molecule has 0 aliphatic rings. The van der Waals surface area contributed by atoms with Crippen molar-refractivity contribution in [3.8, 4) is 0 Å². The quantitative estimate of drug-likeness (QED) is 0.105. The van der Waals surface area contributed by atoms with E-state index in [0.717, 1.165) is 25.7 Å². The van der Waals surface area contributed by atoms with Gasteiger partial charge in [-0.1, -0.05) is 53.4 Å². The zero-order valence-electron chi connectivity index (χ0n) is 22.5. The average Bonchev–Trinajstić information content (AvgIpc) is 2.67. The Morgan fingerprint density at radius 1 is 0.333 bits per heavy atom. The van der Waals surface area contributed by atoms with Gasteiger partial charge in [0.15, 0.2) is 0 Å². The molecule has 0 fully saturated rings. The Labute approximate surface area is 280 Å². The Bertz CT molecular complexity index is 373. The molecular weight excluding hydrogens is 704 g/mol. The van der Waals surface area contributed by atoms with Gasteiger partial charge in [-0.15, -0.1) is 36.2 Å². The summed E-state index contributed by atoms with van der Waals surface area (Å²) >= 11 is 0. The minimum absolute atomic E-state index is 0. The second-order valence-corrected chi connectivity index (χ2v) is 12.0. The first-order valence-electron chi connectivity index (χ1n) is 11.2. The van der Waals surface area contributed by atoms with Crippen molar-refractivity contribution in [2.24, 2.45) is 0 Å². The summed E-state index contributed by atoms with van der Waals surface area (Å²) in [5.41, 5.74) is 0. The number of hydrogen-bond donors (Lipinski definition) is 0. The van der Waals surface area contributed by atoms with Crippen molar-refractivity contribution < 1.29 is 140 Å². The summed E-state index contributed by atoms with van der Waals surface area (Å²) in [6.07, 6.45) is 5.75. The Balaban J connectivity index is -0.0000000683. The van der Waals surface area contributed by atoms with Crippen LogP contribution in [-0.2, 0) is 82.9 Å². The molecule has 23 heteroatoms. The molecule has 0 saturated heterocycles. The van der Waals surface area contributed by atoms with Crippen LogP contribution in [0, 0.1) is 0 Å². The van der Waals surface area contributed by atoms with Gasteiger partial charge in [0.25, 0.3) is 0 Å². The fraction of sp³-hybridized carbons (Fsp3) is 1.00. The fourth-order valence-corrected chi connectivity index (χ4v) is 2.94. The zero-order chi connectivity index (χ0) is 29.3. The largest absolute Gasteiger partial charge is 4.00 e. The Morgan fingerprint density at radius 2 is 0.462 bits per heavy atom. The Kier molecular flexibility index (Phi) is 51.0. The molecule has 0 spiro atoms. The Morgan fingerprint density at radius 3 is 0.538 bits per heavy atom. The first-order chi connectivity index (χ1) is 16.2. The van der Waals surface area contributed by atoms with Crippen molar-refractivity contribution >= 4 is 36.2 Å². The van der Waals surface area contributed by atoms with Crippen molar-refractivity contribution in [3.63, 3.8) is 0 Å². The van der Waals surface area contributed by atoms with E-state index in [2.05, 4.69) is 17.7 Å². The van der Waals surface area contributed by atoms with Crippen molar-refractivity contribution in [3.05, 3.63) is 0 Å². The summed E-state index contributed by atoms with van der Waals surface area (Å²) in [5, 5.41) is 0. The van der Waals surface area contributed by atoms with Crippen LogP contribution in [0.15, 0.2) is 0 Å². The van der Waals surface area contributed by atoms with Crippen molar-refractivity contribution in [1.82, 2.24) is 0 Å². The minimum Gasteiger partial charge on any atom is -0.861 e. The van der Waals surface area contributed by atoms with E-state index in [1.54, 1.807) is 0 Å². The van der Waals surface area contributed by atoms with Gasteiger partial charge < -0.3 is 75.3 Å². The normalized spacial score (nSPS) is 11.1. The number of unbranched alkanes of at least 4 members (excludes halogenated alkanes) is 4. The zero-order valence-corrected chi connectivity index (χ0v) is 31.2. The van der Waals surface area contributed by atoms with E-state index < -0.39 is 36.2 Å². The van der Waals surface area contributed by atoms with E-state index in [1.807, 2.05) is 27.7 Å². The predicted molar refractivity (Wildman–Crippen MR) is 106 cm³/mol. The molecule has 0 N–H and O–H groups in total. The van der Waals surface area contributed by atoms with E-state index in [9.17, 15) is 57.5 Å². The van der Waals surface area contributed by atoms with Gasteiger partial charge in [0, 0.05) is 26.4 Å². The van der Waals surface area contributed by atoms with Gasteiger partial charge in [0.1, 0.15) is 0 Å². The molecule has 0 unspecified atom stereocenters. The molecule has 16 nitrogen and oxygen atoms in total. The number of rotatable bonds is 16. The molecule has 224 valence electrons. The smallest absolute Gasteiger partial charge is 0.861 e. The van der Waals surface area contributed by atoms with Gasteiger partial charge in [0.05, 0.1) is 0 Å². The maximum atomic E-state index is 9.78. The average molecular weight is 740 g/mol. The molecule has 39 heavy (non-hydrogen) atoms. The maximum absolute atomic E-state index is 9.78. The van der Waals surface area contributed by atoms with Crippen LogP contribution in [0.25, 0.3) is 0 Å². The van der Waals surface area contributed by atoms with E-state index in [0.29, 0.717) is 25.7 Å². The van der Waals surface area contributed by atoms with E-state index in [1.165, 1.54) is 0 Å². The van der Waals surface area contributed by atoms with Crippen LogP contribution >= 0.6 is 0 Å². The van der Waals surface area contributed by atoms with Gasteiger partial charge in [-0.2, -0.15) is 0 Å². The van der Waals surface area contributed by atoms with E-state index in [4.69, 9.17) is 0 Å². The molecule has 0 aliphatic carbocycles. The molecule has 0 rings (SSSR count). The van der Waals surface area contributed by atoms with Crippen molar-refractivity contribution in [1.29, 1.82) is 0 Å². The van der Waals surface area contributed by atoms with Crippen LogP contribution in [-0.4, -0.2) is 62.6 Å². The van der Waals surface area contributed by atoms with Gasteiger partial charge in [-0.3, -0.25) is 0 Å². The van der Waals surface area contributed by atoms with Crippen LogP contribution in [0.3, 0.4) is 0 Å². The SMILES string of the molecule is CCCCO[Si]([O-])([O-])[O-].CCCCO[Si]([O-])([O-])[O-].CCCCO[Si]([O-])([O-])[O-].CCCCO[Si]([O-])([O-])[O-].[Ti+4].[Ti+4].[Ti+4]. The van der Waals surface area contributed by atoms with Crippen LogP contribution in [0.5, 0.6) is 0 Å². The van der Waals surface area contributed by atoms with Crippen LogP contribution < -0.4 is 57.5 Å². The molecule has 0 aromatic heterocycles. The molecule has 0 radical (unpaired) electrons. The summed E-state index contributed by atoms with van der Waals surface area (Å²) in [6, 6.07) is 0. The Hall–Kier alpha value is 2.37. The molecule has 0 heterocycles. The van der Waals surface area contributed by atoms with Crippen LogP contribution in [0.1, 0.15) is 79.1 Å². The minimum atomic E-state index is -4.94. The van der Waals surface area contributed by atoms with E-state index >= 15 is 0 Å². The van der Waals surface area contributed by atoms with Gasteiger partial charge >= 0.3 is 65.2 Å². The summed E-state index contributed by atoms with van der Waals surface area (Å²) < 4.78 is 15.8. The maximum Gasteiger partial charge on any atom is 4.00 e. The molecule has 0 aromatic rings. The monoisotopic (exact) mass is 740 g/mol. The molecule has 0 amide bonds. The summed E-state index contributed by atoms with van der Waals surface area (Å²) in [4.78, 5) is 117. The summed E-state index contributed by atoms with van der Waals surface area (Å²) in [7, 11) is -19.8. The predicted octanol–water partition coefficient (Wildman–Crippen LogP) is -10.7. The second-order valence-electron chi connectivity index (χ2n) is 6.81. The van der Waals surface area contributed by atoms with Crippen LogP contribution in [0.2, 0.25) is 0 Å². The second kappa shape index (κ2) is 34.9. The van der Waals surface area contributed by atoms with Crippen LogP contribution in [0.4, 0.5) is 0 Å².